The van der Waals surface area contributed by atoms with Crippen LogP contribution in [0.2, 0.25) is 0 Å². The maximum absolute atomic E-state index is 5.29. The minimum absolute atomic E-state index is 0.619. The number of benzene rings is 1. The lowest BCUT2D eigenvalue weighted by molar-refractivity contribution is 0.349. The third kappa shape index (κ3) is 2.82. The van der Waals surface area contributed by atoms with E-state index >= 15 is 0 Å². The Kier molecular flexibility index (Phi) is 3.86. The van der Waals surface area contributed by atoms with E-state index in [9.17, 15) is 0 Å². The summed E-state index contributed by atoms with van der Waals surface area (Å²) in [5.41, 5.74) is 1.38. The summed E-state index contributed by atoms with van der Waals surface area (Å²) >= 11 is 3.57. The third-order valence-electron chi connectivity index (χ3n) is 4.89. The number of hydrogen-bond acceptors (Lipinski definition) is 2. The molecular weight excluding hydrogens is 302 g/mol. The summed E-state index contributed by atoms with van der Waals surface area (Å²) in [6.07, 6.45) is 5.49. The van der Waals surface area contributed by atoms with Crippen molar-refractivity contribution in [2.75, 3.05) is 14.2 Å². The van der Waals surface area contributed by atoms with E-state index in [0.29, 0.717) is 6.04 Å². The first kappa shape index (κ1) is 13.4. The molecule has 0 amide bonds. The fourth-order valence-corrected chi connectivity index (χ4v) is 4.27. The van der Waals surface area contributed by atoms with Crippen molar-refractivity contribution >= 4 is 15.9 Å². The van der Waals surface area contributed by atoms with Crippen LogP contribution in [0.5, 0.6) is 5.75 Å². The normalized spacial score (nSPS) is 29.9. The molecule has 1 N–H and O–H groups in total. The highest BCUT2D eigenvalue weighted by Crippen LogP contribution is 2.55. The van der Waals surface area contributed by atoms with Crippen LogP contribution in [0.4, 0.5) is 0 Å². The van der Waals surface area contributed by atoms with E-state index in [-0.39, 0.29) is 0 Å². The summed E-state index contributed by atoms with van der Waals surface area (Å²) in [7, 11) is 3.81. The zero-order valence-corrected chi connectivity index (χ0v) is 13.2. The highest BCUT2D eigenvalue weighted by atomic mass is 79.9. The van der Waals surface area contributed by atoms with E-state index < -0.39 is 0 Å². The quantitative estimate of drug-likeness (QED) is 0.893. The predicted octanol–water partition coefficient (Wildman–Crippen LogP) is 3.63. The minimum atomic E-state index is 0.619. The SMILES string of the molecule is CNC(Cc1ccc(OC)c(Br)c1)C1CC2CC2C1. The second kappa shape index (κ2) is 5.45. The molecule has 1 aromatic rings. The van der Waals surface area contributed by atoms with Gasteiger partial charge in [0.25, 0.3) is 0 Å². The number of ether oxygens (including phenoxy) is 1. The predicted molar refractivity (Wildman–Crippen MR) is 81.6 cm³/mol. The second-order valence-corrected chi connectivity index (χ2v) is 6.91. The van der Waals surface area contributed by atoms with Gasteiger partial charge in [0.2, 0.25) is 0 Å². The lowest BCUT2D eigenvalue weighted by Gasteiger charge is -2.24. The average molecular weight is 324 g/mol. The number of fused-ring (bicyclic) bond motifs is 1. The van der Waals surface area contributed by atoms with Gasteiger partial charge in [-0.05, 0) is 84.1 Å². The molecule has 104 valence electrons. The smallest absolute Gasteiger partial charge is 0.133 e. The summed E-state index contributed by atoms with van der Waals surface area (Å²) in [5.74, 6) is 3.90. The Bertz CT molecular complexity index is 452. The van der Waals surface area contributed by atoms with Gasteiger partial charge in [-0.2, -0.15) is 0 Å². The molecule has 0 saturated heterocycles. The zero-order chi connectivity index (χ0) is 13.4. The molecule has 0 bridgehead atoms. The first-order chi connectivity index (χ1) is 9.21. The highest BCUT2D eigenvalue weighted by Gasteiger charge is 2.47. The summed E-state index contributed by atoms with van der Waals surface area (Å²) in [6, 6.07) is 7.05. The van der Waals surface area contributed by atoms with Gasteiger partial charge in [-0.1, -0.05) is 6.07 Å². The van der Waals surface area contributed by atoms with Crippen molar-refractivity contribution in [1.29, 1.82) is 0 Å². The van der Waals surface area contributed by atoms with E-state index in [1.165, 1.54) is 24.8 Å². The molecule has 2 aliphatic carbocycles. The van der Waals surface area contributed by atoms with E-state index in [4.69, 9.17) is 4.74 Å². The first-order valence-corrected chi connectivity index (χ1v) is 8.00. The number of hydrogen-bond donors (Lipinski definition) is 1. The van der Waals surface area contributed by atoms with Crippen LogP contribution in [0.25, 0.3) is 0 Å². The number of likely N-dealkylation sites (N-methyl/N-ethyl adjacent to an activating group) is 1. The summed E-state index contributed by atoms with van der Waals surface area (Å²) < 4.78 is 6.34. The molecule has 3 atom stereocenters. The fourth-order valence-electron chi connectivity index (χ4n) is 3.69. The van der Waals surface area contributed by atoms with Crippen LogP contribution in [-0.4, -0.2) is 20.2 Å². The summed E-state index contributed by atoms with van der Waals surface area (Å²) in [5, 5.41) is 3.54. The summed E-state index contributed by atoms with van der Waals surface area (Å²) in [6.45, 7) is 0. The fraction of sp³-hybridized carbons (Fsp3) is 0.625. The van der Waals surface area contributed by atoms with Gasteiger partial charge in [0.1, 0.15) is 5.75 Å². The van der Waals surface area contributed by atoms with E-state index in [1.807, 2.05) is 0 Å². The Morgan fingerprint density at radius 1 is 1.32 bits per heavy atom. The number of rotatable bonds is 5. The third-order valence-corrected chi connectivity index (χ3v) is 5.51. The average Bonchev–Trinajstić information content (AvgIpc) is 3.03. The molecule has 3 unspecified atom stereocenters. The molecule has 1 aromatic carbocycles. The lowest BCUT2D eigenvalue weighted by Crippen LogP contribution is -2.35. The minimum Gasteiger partial charge on any atom is -0.496 e. The number of halogens is 1. The van der Waals surface area contributed by atoms with Crippen molar-refractivity contribution in [1.82, 2.24) is 5.32 Å². The zero-order valence-electron chi connectivity index (χ0n) is 11.7. The van der Waals surface area contributed by atoms with Crippen molar-refractivity contribution in [2.45, 2.75) is 31.7 Å². The first-order valence-electron chi connectivity index (χ1n) is 7.21. The molecule has 3 heteroatoms. The maximum Gasteiger partial charge on any atom is 0.133 e. The second-order valence-electron chi connectivity index (χ2n) is 6.06. The topological polar surface area (TPSA) is 21.3 Å². The van der Waals surface area contributed by atoms with Crippen molar-refractivity contribution in [3.63, 3.8) is 0 Å². The molecule has 19 heavy (non-hydrogen) atoms. The molecule has 0 spiro atoms. The molecule has 0 aromatic heterocycles. The Morgan fingerprint density at radius 3 is 2.63 bits per heavy atom. The van der Waals surface area contributed by atoms with Crippen LogP contribution in [0.1, 0.15) is 24.8 Å². The number of methoxy groups -OCH3 is 1. The van der Waals surface area contributed by atoms with Crippen LogP contribution in [-0.2, 0) is 6.42 Å². The van der Waals surface area contributed by atoms with Crippen LogP contribution in [0, 0.1) is 17.8 Å². The maximum atomic E-state index is 5.29. The molecule has 2 aliphatic rings. The molecule has 0 radical (unpaired) electrons. The molecule has 2 saturated carbocycles. The van der Waals surface area contributed by atoms with Gasteiger partial charge < -0.3 is 10.1 Å². The van der Waals surface area contributed by atoms with Gasteiger partial charge >= 0.3 is 0 Å². The van der Waals surface area contributed by atoms with Gasteiger partial charge in [-0.3, -0.25) is 0 Å². The molecule has 0 heterocycles. The number of nitrogens with one attached hydrogen (secondary N) is 1. The van der Waals surface area contributed by atoms with Gasteiger partial charge in [0, 0.05) is 6.04 Å². The molecule has 2 nitrogen and oxygen atoms in total. The van der Waals surface area contributed by atoms with Crippen LogP contribution < -0.4 is 10.1 Å². The van der Waals surface area contributed by atoms with Gasteiger partial charge in [-0.15, -0.1) is 0 Å². The molecule has 3 rings (SSSR count). The van der Waals surface area contributed by atoms with Gasteiger partial charge in [0.15, 0.2) is 0 Å². The van der Waals surface area contributed by atoms with E-state index in [1.54, 1.807) is 7.11 Å². The summed E-state index contributed by atoms with van der Waals surface area (Å²) in [4.78, 5) is 0. The lowest BCUT2D eigenvalue weighted by atomic mass is 9.90. The van der Waals surface area contributed by atoms with Crippen LogP contribution >= 0.6 is 15.9 Å². The van der Waals surface area contributed by atoms with Crippen molar-refractivity contribution in [3.8, 4) is 5.75 Å². The van der Waals surface area contributed by atoms with Crippen molar-refractivity contribution in [3.05, 3.63) is 28.2 Å². The van der Waals surface area contributed by atoms with Crippen molar-refractivity contribution in [2.24, 2.45) is 17.8 Å². The van der Waals surface area contributed by atoms with Crippen LogP contribution in [0.15, 0.2) is 22.7 Å². The molecular formula is C16H22BrNO. The Morgan fingerprint density at radius 2 is 2.05 bits per heavy atom. The Labute approximate surface area is 124 Å². The Balaban J connectivity index is 1.66. The van der Waals surface area contributed by atoms with E-state index in [2.05, 4.69) is 46.5 Å². The molecule has 2 fully saturated rings. The van der Waals surface area contributed by atoms with Crippen molar-refractivity contribution < 1.29 is 4.74 Å². The van der Waals surface area contributed by atoms with Gasteiger partial charge in [-0.25, -0.2) is 0 Å². The highest BCUT2D eigenvalue weighted by molar-refractivity contribution is 9.10. The molecule has 0 aliphatic heterocycles. The monoisotopic (exact) mass is 323 g/mol. The largest absolute Gasteiger partial charge is 0.496 e. The standard InChI is InChI=1S/C16H22BrNO/c1-18-15(13-8-11-7-12(11)9-13)6-10-3-4-16(19-2)14(17)5-10/h3-5,11-13,15,18H,6-9H2,1-2H3. The van der Waals surface area contributed by atoms with Crippen LogP contribution in [0.3, 0.4) is 0 Å². The Hall–Kier alpha value is -0.540. The van der Waals surface area contributed by atoms with Gasteiger partial charge in [0.05, 0.1) is 11.6 Å². The van der Waals surface area contributed by atoms with E-state index in [0.717, 1.165) is 34.4 Å².